The highest BCUT2D eigenvalue weighted by atomic mass is 16.2. The second kappa shape index (κ2) is 4.42. The van der Waals surface area contributed by atoms with Gasteiger partial charge in [-0.1, -0.05) is 17.7 Å². The molecular weight excluding hydrogens is 190 g/mol. The van der Waals surface area contributed by atoms with Gasteiger partial charge in [0, 0.05) is 0 Å². The van der Waals surface area contributed by atoms with Gasteiger partial charge in [0.1, 0.15) is 6.04 Å². The molecule has 4 nitrogen and oxygen atoms in total. The van der Waals surface area contributed by atoms with Crippen LogP contribution in [0.15, 0.2) is 12.1 Å². The average Bonchev–Trinajstić information content (AvgIpc) is 2.14. The number of carbonyl (C=O) groups excluding carboxylic acids is 1. The highest BCUT2D eigenvalue weighted by Gasteiger charge is 2.18. The number of aryl methyl sites for hydroxylation is 3. The summed E-state index contributed by atoms with van der Waals surface area (Å²) in [6.45, 7) is 5.90. The maximum absolute atomic E-state index is 11.3. The summed E-state index contributed by atoms with van der Waals surface area (Å²) in [6.07, 6.45) is 0. The Morgan fingerprint density at radius 3 is 2.13 bits per heavy atom. The summed E-state index contributed by atoms with van der Waals surface area (Å²) < 4.78 is 0. The van der Waals surface area contributed by atoms with E-state index in [0.29, 0.717) is 0 Å². The van der Waals surface area contributed by atoms with Gasteiger partial charge in [-0.25, -0.2) is 5.84 Å². The fraction of sp³-hybridized carbons (Fsp3) is 0.364. The van der Waals surface area contributed by atoms with Crippen molar-refractivity contribution >= 4 is 5.91 Å². The van der Waals surface area contributed by atoms with Gasteiger partial charge in [-0.2, -0.15) is 0 Å². The largest absolute Gasteiger partial charge is 0.316 e. The van der Waals surface area contributed by atoms with E-state index >= 15 is 0 Å². The van der Waals surface area contributed by atoms with Crippen LogP contribution < -0.4 is 17.0 Å². The topological polar surface area (TPSA) is 81.1 Å². The summed E-state index contributed by atoms with van der Waals surface area (Å²) in [5.41, 5.74) is 11.9. The monoisotopic (exact) mass is 207 g/mol. The van der Waals surface area contributed by atoms with Crippen LogP contribution in [0.25, 0.3) is 0 Å². The summed E-state index contributed by atoms with van der Waals surface area (Å²) in [7, 11) is 0. The molecular formula is C11H17N3O. The smallest absolute Gasteiger partial charge is 0.255 e. The molecule has 1 amide bonds. The van der Waals surface area contributed by atoms with Gasteiger partial charge in [-0.15, -0.1) is 0 Å². The van der Waals surface area contributed by atoms with E-state index in [4.69, 9.17) is 11.6 Å². The van der Waals surface area contributed by atoms with Crippen molar-refractivity contribution in [3.8, 4) is 0 Å². The van der Waals surface area contributed by atoms with Gasteiger partial charge in [0.2, 0.25) is 0 Å². The fourth-order valence-corrected chi connectivity index (χ4v) is 1.90. The van der Waals surface area contributed by atoms with Crippen LogP contribution in [0.5, 0.6) is 0 Å². The number of nitrogens with two attached hydrogens (primary N) is 2. The highest BCUT2D eigenvalue weighted by molar-refractivity contribution is 5.83. The van der Waals surface area contributed by atoms with Gasteiger partial charge in [0.25, 0.3) is 5.91 Å². The zero-order chi connectivity index (χ0) is 11.6. The van der Waals surface area contributed by atoms with Crippen LogP contribution in [-0.4, -0.2) is 5.91 Å². The quantitative estimate of drug-likeness (QED) is 0.377. The first-order valence-corrected chi connectivity index (χ1v) is 4.81. The van der Waals surface area contributed by atoms with E-state index in [-0.39, 0.29) is 5.91 Å². The highest BCUT2D eigenvalue weighted by Crippen LogP contribution is 2.21. The average molecular weight is 207 g/mol. The van der Waals surface area contributed by atoms with Gasteiger partial charge >= 0.3 is 0 Å². The van der Waals surface area contributed by atoms with Crippen molar-refractivity contribution in [3.63, 3.8) is 0 Å². The Bertz CT molecular complexity index is 364. The molecule has 0 aromatic heterocycles. The first-order chi connectivity index (χ1) is 6.97. The molecule has 0 fully saturated rings. The van der Waals surface area contributed by atoms with Crippen molar-refractivity contribution in [1.29, 1.82) is 0 Å². The molecule has 0 spiro atoms. The van der Waals surface area contributed by atoms with Crippen molar-refractivity contribution in [3.05, 3.63) is 34.4 Å². The molecule has 4 heteroatoms. The third-order valence-corrected chi connectivity index (χ3v) is 2.47. The SMILES string of the molecule is Cc1cc(C)c(C(N)C(=O)NN)c(C)c1. The van der Waals surface area contributed by atoms with Crippen molar-refractivity contribution in [2.45, 2.75) is 26.8 Å². The van der Waals surface area contributed by atoms with Gasteiger partial charge in [-0.3, -0.25) is 10.2 Å². The second-order valence-electron chi connectivity index (χ2n) is 3.80. The summed E-state index contributed by atoms with van der Waals surface area (Å²) in [5.74, 6) is 4.69. The number of hydrazine groups is 1. The summed E-state index contributed by atoms with van der Waals surface area (Å²) in [6, 6.07) is 3.31. The Kier molecular flexibility index (Phi) is 3.44. The van der Waals surface area contributed by atoms with E-state index < -0.39 is 6.04 Å². The predicted molar refractivity (Wildman–Crippen MR) is 59.9 cm³/mol. The normalized spacial score (nSPS) is 12.3. The number of benzene rings is 1. The molecule has 1 aromatic rings. The summed E-state index contributed by atoms with van der Waals surface area (Å²) >= 11 is 0. The first kappa shape index (κ1) is 11.7. The maximum atomic E-state index is 11.3. The van der Waals surface area contributed by atoms with Gasteiger partial charge < -0.3 is 5.73 Å². The fourth-order valence-electron chi connectivity index (χ4n) is 1.90. The summed E-state index contributed by atoms with van der Waals surface area (Å²) in [5, 5.41) is 0. The third-order valence-electron chi connectivity index (χ3n) is 2.47. The molecule has 1 unspecified atom stereocenters. The lowest BCUT2D eigenvalue weighted by molar-refractivity contribution is -0.122. The van der Waals surface area contributed by atoms with E-state index in [0.717, 1.165) is 22.3 Å². The lowest BCUT2D eigenvalue weighted by Gasteiger charge is -2.16. The van der Waals surface area contributed by atoms with Crippen LogP contribution in [0.3, 0.4) is 0 Å². The molecule has 1 aromatic carbocycles. The zero-order valence-electron chi connectivity index (χ0n) is 9.29. The first-order valence-electron chi connectivity index (χ1n) is 4.81. The van der Waals surface area contributed by atoms with Gasteiger partial charge in [0.15, 0.2) is 0 Å². The number of amides is 1. The van der Waals surface area contributed by atoms with E-state index in [9.17, 15) is 4.79 Å². The molecule has 0 heterocycles. The molecule has 15 heavy (non-hydrogen) atoms. The van der Waals surface area contributed by atoms with E-state index in [1.807, 2.05) is 32.9 Å². The molecule has 1 rings (SSSR count). The standard InChI is InChI=1S/C11H17N3O/c1-6-4-7(2)9(8(3)5-6)10(12)11(15)14-13/h4-5,10H,12-13H2,1-3H3,(H,14,15). The predicted octanol–water partition coefficient (Wildman–Crippen LogP) is 0.602. The molecule has 0 saturated heterocycles. The minimum Gasteiger partial charge on any atom is -0.316 e. The number of nitrogens with one attached hydrogen (secondary N) is 1. The number of rotatable bonds is 2. The third kappa shape index (κ3) is 2.34. The number of carbonyl (C=O) groups is 1. The molecule has 82 valence electrons. The van der Waals surface area contributed by atoms with Crippen LogP contribution in [0.1, 0.15) is 28.3 Å². The number of hydrogen-bond acceptors (Lipinski definition) is 3. The van der Waals surface area contributed by atoms with Crippen LogP contribution in [0.2, 0.25) is 0 Å². The Balaban J connectivity index is 3.19. The second-order valence-corrected chi connectivity index (χ2v) is 3.80. The lowest BCUT2D eigenvalue weighted by atomic mass is 9.94. The molecule has 5 N–H and O–H groups in total. The minimum absolute atomic E-state index is 0.370. The van der Waals surface area contributed by atoms with E-state index in [2.05, 4.69) is 5.43 Å². The molecule has 0 aliphatic carbocycles. The number of hydrogen-bond donors (Lipinski definition) is 3. The summed E-state index contributed by atoms with van der Waals surface area (Å²) in [4.78, 5) is 11.3. The molecule has 1 atom stereocenters. The van der Waals surface area contributed by atoms with Crippen molar-refractivity contribution in [2.75, 3.05) is 0 Å². The lowest BCUT2D eigenvalue weighted by Crippen LogP contribution is -2.39. The van der Waals surface area contributed by atoms with Crippen LogP contribution in [-0.2, 0) is 4.79 Å². The van der Waals surface area contributed by atoms with Crippen LogP contribution in [0, 0.1) is 20.8 Å². The van der Waals surface area contributed by atoms with Crippen molar-refractivity contribution < 1.29 is 4.79 Å². The Hall–Kier alpha value is -1.39. The Morgan fingerprint density at radius 2 is 1.73 bits per heavy atom. The van der Waals surface area contributed by atoms with Crippen LogP contribution >= 0.6 is 0 Å². The molecule has 0 bridgehead atoms. The zero-order valence-corrected chi connectivity index (χ0v) is 9.29. The van der Waals surface area contributed by atoms with Crippen molar-refractivity contribution in [1.82, 2.24) is 5.43 Å². The molecule has 0 radical (unpaired) electrons. The Labute approximate surface area is 89.6 Å². The Morgan fingerprint density at radius 1 is 1.27 bits per heavy atom. The molecule has 0 aliphatic rings. The van der Waals surface area contributed by atoms with E-state index in [1.54, 1.807) is 0 Å². The molecule has 0 aliphatic heterocycles. The van der Waals surface area contributed by atoms with Gasteiger partial charge in [-0.05, 0) is 37.5 Å². The van der Waals surface area contributed by atoms with Crippen LogP contribution in [0.4, 0.5) is 0 Å². The molecule has 0 saturated carbocycles. The van der Waals surface area contributed by atoms with Crippen molar-refractivity contribution in [2.24, 2.45) is 11.6 Å². The minimum atomic E-state index is -0.699. The maximum Gasteiger partial charge on any atom is 0.255 e. The van der Waals surface area contributed by atoms with Gasteiger partial charge in [0.05, 0.1) is 0 Å². The van der Waals surface area contributed by atoms with E-state index in [1.165, 1.54) is 0 Å².